The number of amides is 1. The molecule has 0 bridgehead atoms. The van der Waals surface area contributed by atoms with Crippen molar-refractivity contribution in [3.63, 3.8) is 0 Å². The van der Waals surface area contributed by atoms with Gasteiger partial charge in [0, 0.05) is 5.69 Å². The zero-order chi connectivity index (χ0) is 15.5. The SMILES string of the molecule is Cc1ccc(NC(=O)Cn2cnc3ccccc3c2=O)cc1. The normalized spacial score (nSPS) is 10.6. The van der Waals surface area contributed by atoms with E-state index in [2.05, 4.69) is 10.3 Å². The largest absolute Gasteiger partial charge is 0.325 e. The molecule has 0 aliphatic heterocycles. The Morgan fingerprint density at radius 1 is 1.14 bits per heavy atom. The van der Waals surface area contributed by atoms with Crippen LogP contribution in [0.5, 0.6) is 0 Å². The molecule has 2 aromatic carbocycles. The highest BCUT2D eigenvalue weighted by molar-refractivity contribution is 5.90. The molecule has 5 heteroatoms. The molecule has 0 fully saturated rings. The predicted octanol–water partition coefficient (Wildman–Crippen LogP) is 2.34. The van der Waals surface area contributed by atoms with E-state index in [9.17, 15) is 9.59 Å². The molecule has 3 rings (SSSR count). The molecule has 110 valence electrons. The van der Waals surface area contributed by atoms with Gasteiger partial charge in [-0.2, -0.15) is 0 Å². The Labute approximate surface area is 127 Å². The summed E-state index contributed by atoms with van der Waals surface area (Å²) in [6.45, 7) is 1.91. The van der Waals surface area contributed by atoms with Crippen molar-refractivity contribution in [1.82, 2.24) is 9.55 Å². The summed E-state index contributed by atoms with van der Waals surface area (Å²) in [6.07, 6.45) is 1.40. The van der Waals surface area contributed by atoms with Gasteiger partial charge in [0.2, 0.25) is 5.91 Å². The molecule has 0 saturated carbocycles. The van der Waals surface area contributed by atoms with Crippen LogP contribution in [0.2, 0.25) is 0 Å². The lowest BCUT2D eigenvalue weighted by Gasteiger charge is -2.08. The quantitative estimate of drug-likeness (QED) is 0.806. The van der Waals surface area contributed by atoms with E-state index in [4.69, 9.17) is 0 Å². The van der Waals surface area contributed by atoms with Gasteiger partial charge >= 0.3 is 0 Å². The number of aromatic nitrogens is 2. The lowest BCUT2D eigenvalue weighted by molar-refractivity contribution is -0.116. The molecule has 1 heterocycles. The Morgan fingerprint density at radius 3 is 2.64 bits per heavy atom. The third kappa shape index (κ3) is 2.88. The van der Waals surface area contributed by atoms with Crippen LogP contribution in [0.25, 0.3) is 10.9 Å². The van der Waals surface area contributed by atoms with E-state index in [1.807, 2.05) is 37.3 Å². The van der Waals surface area contributed by atoms with Crippen LogP contribution in [0.15, 0.2) is 59.7 Å². The zero-order valence-corrected chi connectivity index (χ0v) is 12.1. The number of para-hydroxylation sites is 1. The van der Waals surface area contributed by atoms with Gasteiger partial charge in [0.1, 0.15) is 6.54 Å². The topological polar surface area (TPSA) is 64.0 Å². The highest BCUT2D eigenvalue weighted by Gasteiger charge is 2.08. The molecule has 1 N–H and O–H groups in total. The van der Waals surface area contributed by atoms with Crippen molar-refractivity contribution in [3.8, 4) is 0 Å². The monoisotopic (exact) mass is 293 g/mol. The number of carbonyl (C=O) groups is 1. The van der Waals surface area contributed by atoms with E-state index in [0.29, 0.717) is 16.6 Å². The molecule has 0 aliphatic carbocycles. The lowest BCUT2D eigenvalue weighted by Crippen LogP contribution is -2.27. The molecule has 22 heavy (non-hydrogen) atoms. The summed E-state index contributed by atoms with van der Waals surface area (Å²) < 4.78 is 1.31. The number of hydrogen-bond acceptors (Lipinski definition) is 3. The van der Waals surface area contributed by atoms with Crippen LogP contribution in [-0.2, 0) is 11.3 Å². The molecule has 1 aromatic heterocycles. The van der Waals surface area contributed by atoms with Crippen molar-refractivity contribution in [3.05, 3.63) is 70.8 Å². The average Bonchev–Trinajstić information content (AvgIpc) is 2.53. The molecule has 0 radical (unpaired) electrons. The first kappa shape index (κ1) is 14.0. The minimum Gasteiger partial charge on any atom is -0.325 e. The van der Waals surface area contributed by atoms with E-state index in [1.165, 1.54) is 10.9 Å². The summed E-state index contributed by atoms with van der Waals surface area (Å²) in [5.41, 5.74) is 2.23. The van der Waals surface area contributed by atoms with E-state index in [1.54, 1.807) is 18.2 Å². The molecular formula is C17H15N3O2. The fraction of sp³-hybridized carbons (Fsp3) is 0.118. The fourth-order valence-electron chi connectivity index (χ4n) is 2.21. The van der Waals surface area contributed by atoms with E-state index < -0.39 is 0 Å². The first-order valence-electron chi connectivity index (χ1n) is 6.94. The van der Waals surface area contributed by atoms with Crippen LogP contribution in [0.1, 0.15) is 5.56 Å². The van der Waals surface area contributed by atoms with Crippen LogP contribution < -0.4 is 10.9 Å². The van der Waals surface area contributed by atoms with Crippen molar-refractivity contribution in [2.45, 2.75) is 13.5 Å². The standard InChI is InChI=1S/C17H15N3O2/c1-12-6-8-13(9-7-12)19-16(21)10-20-11-18-15-5-3-2-4-14(15)17(20)22/h2-9,11H,10H2,1H3,(H,19,21). The summed E-state index contributed by atoms with van der Waals surface area (Å²) in [4.78, 5) is 28.6. The van der Waals surface area contributed by atoms with Gasteiger partial charge in [-0.3, -0.25) is 14.2 Å². The third-order valence-corrected chi connectivity index (χ3v) is 3.38. The highest BCUT2D eigenvalue weighted by Crippen LogP contribution is 2.09. The Balaban J connectivity index is 1.81. The van der Waals surface area contributed by atoms with Crippen LogP contribution in [-0.4, -0.2) is 15.5 Å². The second kappa shape index (κ2) is 5.81. The van der Waals surface area contributed by atoms with Crippen molar-refractivity contribution in [2.24, 2.45) is 0 Å². The van der Waals surface area contributed by atoms with Gasteiger partial charge in [-0.25, -0.2) is 4.98 Å². The van der Waals surface area contributed by atoms with E-state index >= 15 is 0 Å². The lowest BCUT2D eigenvalue weighted by atomic mass is 10.2. The molecule has 0 unspecified atom stereocenters. The zero-order valence-electron chi connectivity index (χ0n) is 12.1. The second-order valence-corrected chi connectivity index (χ2v) is 5.11. The Bertz CT molecular complexity index is 882. The first-order valence-corrected chi connectivity index (χ1v) is 6.94. The Hall–Kier alpha value is -2.95. The number of rotatable bonds is 3. The van der Waals surface area contributed by atoms with Gasteiger partial charge < -0.3 is 5.32 Å². The molecule has 1 amide bonds. The summed E-state index contributed by atoms with van der Waals surface area (Å²) >= 11 is 0. The average molecular weight is 293 g/mol. The molecule has 0 saturated heterocycles. The van der Waals surface area contributed by atoms with Gasteiger partial charge in [-0.15, -0.1) is 0 Å². The first-order chi connectivity index (χ1) is 10.6. The summed E-state index contributed by atoms with van der Waals surface area (Å²) in [6, 6.07) is 14.6. The molecular weight excluding hydrogens is 278 g/mol. The van der Waals surface area contributed by atoms with Crippen molar-refractivity contribution < 1.29 is 4.79 Å². The van der Waals surface area contributed by atoms with Crippen LogP contribution in [0.4, 0.5) is 5.69 Å². The van der Waals surface area contributed by atoms with Crippen LogP contribution in [0.3, 0.4) is 0 Å². The number of nitrogens with one attached hydrogen (secondary N) is 1. The minimum absolute atomic E-state index is 0.0649. The number of anilines is 1. The Kier molecular flexibility index (Phi) is 3.70. The number of aryl methyl sites for hydroxylation is 1. The minimum atomic E-state index is -0.261. The highest BCUT2D eigenvalue weighted by atomic mass is 16.2. The van der Waals surface area contributed by atoms with Gasteiger partial charge in [0.05, 0.1) is 17.2 Å². The summed E-state index contributed by atoms with van der Waals surface area (Å²) in [5.74, 6) is -0.261. The maximum Gasteiger partial charge on any atom is 0.261 e. The van der Waals surface area contributed by atoms with E-state index in [0.717, 1.165) is 5.56 Å². The molecule has 0 spiro atoms. The molecule has 3 aromatic rings. The second-order valence-electron chi connectivity index (χ2n) is 5.11. The van der Waals surface area contributed by atoms with Crippen LogP contribution >= 0.6 is 0 Å². The molecule has 0 atom stereocenters. The molecule has 5 nitrogen and oxygen atoms in total. The van der Waals surface area contributed by atoms with Crippen molar-refractivity contribution in [2.75, 3.05) is 5.32 Å². The summed E-state index contributed by atoms with van der Waals surface area (Å²) in [7, 11) is 0. The Morgan fingerprint density at radius 2 is 1.86 bits per heavy atom. The van der Waals surface area contributed by atoms with Crippen molar-refractivity contribution in [1.29, 1.82) is 0 Å². The summed E-state index contributed by atoms with van der Waals surface area (Å²) in [5, 5.41) is 3.27. The predicted molar refractivity (Wildman–Crippen MR) is 85.8 cm³/mol. The van der Waals surface area contributed by atoms with Gasteiger partial charge in [-0.05, 0) is 31.2 Å². The number of hydrogen-bond donors (Lipinski definition) is 1. The number of nitrogens with zero attached hydrogens (tertiary/aromatic N) is 2. The number of benzene rings is 2. The smallest absolute Gasteiger partial charge is 0.261 e. The number of fused-ring (bicyclic) bond motifs is 1. The van der Waals surface area contributed by atoms with Gasteiger partial charge in [0.25, 0.3) is 5.56 Å². The van der Waals surface area contributed by atoms with Gasteiger partial charge in [0.15, 0.2) is 0 Å². The fourth-order valence-corrected chi connectivity index (χ4v) is 2.21. The van der Waals surface area contributed by atoms with Crippen molar-refractivity contribution >= 4 is 22.5 Å². The maximum absolute atomic E-state index is 12.3. The molecule has 0 aliphatic rings. The maximum atomic E-state index is 12.3. The number of carbonyl (C=O) groups excluding carboxylic acids is 1. The third-order valence-electron chi connectivity index (χ3n) is 3.38. The van der Waals surface area contributed by atoms with Gasteiger partial charge in [-0.1, -0.05) is 29.8 Å². The van der Waals surface area contributed by atoms with E-state index in [-0.39, 0.29) is 18.0 Å². The van der Waals surface area contributed by atoms with Crippen LogP contribution in [0, 0.1) is 6.92 Å².